The van der Waals surface area contributed by atoms with E-state index >= 15 is 0 Å². The monoisotopic (exact) mass is 482 g/mol. The lowest BCUT2D eigenvalue weighted by molar-refractivity contribution is 0.0883. The highest BCUT2D eigenvalue weighted by molar-refractivity contribution is 5.96. The molecule has 0 heterocycles. The van der Waals surface area contributed by atoms with Crippen molar-refractivity contribution < 1.29 is 27.8 Å². The van der Waals surface area contributed by atoms with Gasteiger partial charge in [-0.25, -0.2) is 8.78 Å². The summed E-state index contributed by atoms with van der Waals surface area (Å²) in [5.74, 6) is -0.572. The molecule has 35 heavy (non-hydrogen) atoms. The third-order valence-corrected chi connectivity index (χ3v) is 5.24. The number of amides is 2. The van der Waals surface area contributed by atoms with Crippen molar-refractivity contribution in [2.24, 2.45) is 5.92 Å². The van der Waals surface area contributed by atoms with Crippen molar-refractivity contribution in [1.29, 1.82) is 0 Å². The smallest absolute Gasteiger partial charge is 0.253 e. The van der Waals surface area contributed by atoms with Crippen LogP contribution in [-0.2, 0) is 0 Å². The highest BCUT2D eigenvalue weighted by Gasteiger charge is 2.21. The molecule has 0 aliphatic heterocycles. The summed E-state index contributed by atoms with van der Waals surface area (Å²) in [7, 11) is 1.52. The zero-order valence-corrected chi connectivity index (χ0v) is 19.8. The van der Waals surface area contributed by atoms with Gasteiger partial charge < -0.3 is 20.1 Å². The molecule has 0 bridgehead atoms. The second-order valence-corrected chi connectivity index (χ2v) is 8.34. The number of carbonyl (C=O) groups excluding carboxylic acids is 2. The number of hydrogen-bond acceptors (Lipinski definition) is 4. The first kappa shape index (κ1) is 25.7. The van der Waals surface area contributed by atoms with Crippen LogP contribution in [0.4, 0.5) is 8.78 Å². The van der Waals surface area contributed by atoms with Gasteiger partial charge in [0.1, 0.15) is 17.8 Å². The summed E-state index contributed by atoms with van der Waals surface area (Å²) in [6, 6.07) is 15.1. The molecule has 3 rings (SSSR count). The summed E-state index contributed by atoms with van der Waals surface area (Å²) in [6.45, 7) is 4.64. The molecule has 0 radical (unpaired) electrons. The Hall–Kier alpha value is -3.94. The molecular weight excluding hydrogens is 454 g/mol. The average molecular weight is 483 g/mol. The average Bonchev–Trinajstić information content (AvgIpc) is 2.84. The van der Waals surface area contributed by atoms with Crippen LogP contribution >= 0.6 is 0 Å². The van der Waals surface area contributed by atoms with E-state index in [-0.39, 0.29) is 11.1 Å². The summed E-state index contributed by atoms with van der Waals surface area (Å²) in [5.41, 5.74) is 0.958. The Kier molecular flexibility index (Phi) is 8.78. The highest BCUT2D eigenvalue weighted by atomic mass is 19.1. The Labute approximate surface area is 203 Å². The van der Waals surface area contributed by atoms with Crippen LogP contribution < -0.4 is 20.1 Å². The van der Waals surface area contributed by atoms with E-state index in [0.717, 1.165) is 6.42 Å². The molecule has 8 heteroatoms. The summed E-state index contributed by atoms with van der Waals surface area (Å²) >= 11 is 0. The SMILES string of the molecule is COc1ccc(C(NC(=O)c2ccc(F)cc2)NC(=O)c2ccc(F)cc2)cc1OCCC(C)C. The van der Waals surface area contributed by atoms with Crippen molar-refractivity contribution >= 4 is 11.8 Å². The van der Waals surface area contributed by atoms with Crippen LogP contribution in [0.1, 0.15) is 52.7 Å². The van der Waals surface area contributed by atoms with Crippen molar-refractivity contribution in [2.75, 3.05) is 13.7 Å². The number of nitrogens with one attached hydrogen (secondary N) is 2. The minimum atomic E-state index is -0.969. The molecule has 0 saturated carbocycles. The Morgan fingerprint density at radius 3 is 1.77 bits per heavy atom. The van der Waals surface area contributed by atoms with Crippen LogP contribution in [0.2, 0.25) is 0 Å². The number of hydrogen-bond donors (Lipinski definition) is 2. The third kappa shape index (κ3) is 7.27. The van der Waals surface area contributed by atoms with Crippen LogP contribution in [0.3, 0.4) is 0 Å². The van der Waals surface area contributed by atoms with Gasteiger partial charge in [-0.05, 0) is 78.6 Å². The fourth-order valence-corrected chi connectivity index (χ4v) is 3.22. The van der Waals surface area contributed by atoms with E-state index in [0.29, 0.717) is 29.6 Å². The predicted molar refractivity (Wildman–Crippen MR) is 128 cm³/mol. The Morgan fingerprint density at radius 2 is 1.31 bits per heavy atom. The van der Waals surface area contributed by atoms with Gasteiger partial charge in [0.05, 0.1) is 13.7 Å². The van der Waals surface area contributed by atoms with Gasteiger partial charge in [0.25, 0.3) is 11.8 Å². The Morgan fingerprint density at radius 1 is 0.800 bits per heavy atom. The maximum absolute atomic E-state index is 13.3. The van der Waals surface area contributed by atoms with Crippen LogP contribution in [0.25, 0.3) is 0 Å². The van der Waals surface area contributed by atoms with Gasteiger partial charge in [-0.2, -0.15) is 0 Å². The second-order valence-electron chi connectivity index (χ2n) is 8.34. The standard InChI is InChI=1S/C27H28F2N2O4/c1-17(2)14-15-35-24-16-20(8-13-23(24)34-3)25(30-26(32)18-4-9-21(28)10-5-18)31-27(33)19-6-11-22(29)12-7-19/h4-13,16-17,25H,14-15H2,1-3H3,(H,30,32)(H,31,33). The van der Waals surface area contributed by atoms with Crippen LogP contribution in [0, 0.1) is 17.6 Å². The lowest BCUT2D eigenvalue weighted by Crippen LogP contribution is -2.41. The molecule has 6 nitrogen and oxygen atoms in total. The van der Waals surface area contributed by atoms with Crippen molar-refractivity contribution in [2.45, 2.75) is 26.4 Å². The zero-order chi connectivity index (χ0) is 25.4. The van der Waals surface area contributed by atoms with E-state index < -0.39 is 29.6 Å². The summed E-state index contributed by atoms with van der Waals surface area (Å²) in [5, 5.41) is 5.51. The van der Waals surface area contributed by atoms with Crippen molar-refractivity contribution in [3.8, 4) is 11.5 Å². The highest BCUT2D eigenvalue weighted by Crippen LogP contribution is 2.30. The number of ether oxygens (including phenoxy) is 2. The maximum atomic E-state index is 13.3. The van der Waals surface area contributed by atoms with E-state index in [1.54, 1.807) is 18.2 Å². The first-order valence-electron chi connectivity index (χ1n) is 11.2. The number of benzene rings is 3. The maximum Gasteiger partial charge on any atom is 0.253 e. The first-order valence-corrected chi connectivity index (χ1v) is 11.2. The van der Waals surface area contributed by atoms with Gasteiger partial charge in [0.15, 0.2) is 11.5 Å². The van der Waals surface area contributed by atoms with Crippen molar-refractivity contribution in [1.82, 2.24) is 10.6 Å². The molecule has 0 aliphatic rings. The molecule has 3 aromatic rings. The molecule has 2 N–H and O–H groups in total. The fourth-order valence-electron chi connectivity index (χ4n) is 3.22. The second kappa shape index (κ2) is 12.0. The molecule has 0 saturated heterocycles. The summed E-state index contributed by atoms with van der Waals surface area (Å²) in [6.07, 6.45) is -0.136. The van der Waals surface area contributed by atoms with Crippen molar-refractivity contribution in [3.63, 3.8) is 0 Å². The van der Waals surface area contributed by atoms with Crippen LogP contribution in [0.5, 0.6) is 11.5 Å². The number of halogens is 2. The van der Waals surface area contributed by atoms with Gasteiger partial charge in [0.2, 0.25) is 0 Å². The molecule has 0 unspecified atom stereocenters. The van der Waals surface area contributed by atoms with E-state index in [1.807, 2.05) is 0 Å². The molecule has 2 amide bonds. The van der Waals surface area contributed by atoms with E-state index in [4.69, 9.17) is 9.47 Å². The molecule has 0 aromatic heterocycles. The van der Waals surface area contributed by atoms with E-state index in [1.165, 1.54) is 55.6 Å². The van der Waals surface area contributed by atoms with Gasteiger partial charge in [-0.1, -0.05) is 19.9 Å². The van der Waals surface area contributed by atoms with E-state index in [2.05, 4.69) is 24.5 Å². The van der Waals surface area contributed by atoms with Gasteiger partial charge >= 0.3 is 0 Å². The van der Waals surface area contributed by atoms with Crippen LogP contribution in [-0.4, -0.2) is 25.5 Å². The molecule has 0 fully saturated rings. The fraction of sp³-hybridized carbons (Fsp3) is 0.259. The molecule has 184 valence electrons. The number of rotatable bonds is 10. The Balaban J connectivity index is 1.90. The molecule has 0 aliphatic carbocycles. The largest absolute Gasteiger partial charge is 0.493 e. The van der Waals surface area contributed by atoms with Gasteiger partial charge in [-0.3, -0.25) is 9.59 Å². The minimum absolute atomic E-state index is 0.217. The van der Waals surface area contributed by atoms with Crippen LogP contribution in [0.15, 0.2) is 66.7 Å². The minimum Gasteiger partial charge on any atom is -0.493 e. The third-order valence-electron chi connectivity index (χ3n) is 5.24. The Bertz CT molecular complexity index is 1090. The van der Waals surface area contributed by atoms with Gasteiger partial charge in [-0.15, -0.1) is 0 Å². The normalized spacial score (nSPS) is 10.8. The van der Waals surface area contributed by atoms with E-state index in [9.17, 15) is 18.4 Å². The topological polar surface area (TPSA) is 76.7 Å². The molecule has 0 atom stereocenters. The quantitative estimate of drug-likeness (QED) is 0.387. The molecule has 3 aromatic carbocycles. The summed E-state index contributed by atoms with van der Waals surface area (Å²) < 4.78 is 37.9. The lowest BCUT2D eigenvalue weighted by atomic mass is 10.1. The number of methoxy groups -OCH3 is 1. The number of carbonyl (C=O) groups is 2. The first-order chi connectivity index (χ1) is 16.8. The van der Waals surface area contributed by atoms with Crippen molar-refractivity contribution in [3.05, 3.63) is 95.1 Å². The van der Waals surface area contributed by atoms with Gasteiger partial charge in [0, 0.05) is 11.1 Å². The molecule has 0 spiro atoms. The zero-order valence-electron chi connectivity index (χ0n) is 19.8. The summed E-state index contributed by atoms with van der Waals surface area (Å²) in [4.78, 5) is 25.7. The predicted octanol–water partition coefficient (Wildman–Crippen LogP) is 5.26. The lowest BCUT2D eigenvalue weighted by Gasteiger charge is -2.22. The molecular formula is C27H28F2N2O4.